The van der Waals surface area contributed by atoms with Crippen molar-refractivity contribution in [2.45, 2.75) is 39.0 Å². The molecule has 106 valence electrons. The fourth-order valence-electron chi connectivity index (χ4n) is 1.61. The van der Waals surface area contributed by atoms with Crippen LogP contribution in [0.5, 0.6) is 5.75 Å². The van der Waals surface area contributed by atoms with Gasteiger partial charge in [-0.15, -0.1) is 0 Å². The number of hydrogen-bond acceptors (Lipinski definition) is 3. The average Bonchev–Trinajstić information content (AvgIpc) is 2.42. The highest BCUT2D eigenvalue weighted by Crippen LogP contribution is 2.15. The van der Waals surface area contributed by atoms with Gasteiger partial charge in [-0.05, 0) is 30.7 Å². The molecular formula is C15H21ClO3. The van der Waals surface area contributed by atoms with Crippen LogP contribution in [0, 0.1) is 0 Å². The van der Waals surface area contributed by atoms with Crippen molar-refractivity contribution in [1.29, 1.82) is 0 Å². The first-order valence-electron chi connectivity index (χ1n) is 6.76. The van der Waals surface area contributed by atoms with Crippen molar-refractivity contribution >= 4 is 17.6 Å². The number of rotatable bonds is 9. The number of unbranched alkanes of at least 4 members (excludes halogenated alkanes) is 4. The van der Waals surface area contributed by atoms with Crippen molar-refractivity contribution in [2.75, 3.05) is 13.2 Å². The molecule has 0 N–H and O–H groups in total. The number of ether oxygens (including phenoxy) is 2. The van der Waals surface area contributed by atoms with Gasteiger partial charge >= 0.3 is 5.97 Å². The van der Waals surface area contributed by atoms with E-state index in [-0.39, 0.29) is 12.6 Å². The number of hydrogen-bond donors (Lipinski definition) is 0. The normalized spacial score (nSPS) is 10.2. The summed E-state index contributed by atoms with van der Waals surface area (Å²) in [5, 5.41) is 0.641. The second-order valence-electron chi connectivity index (χ2n) is 4.38. The minimum Gasteiger partial charge on any atom is -0.482 e. The summed E-state index contributed by atoms with van der Waals surface area (Å²) in [4.78, 5) is 11.4. The molecule has 0 spiro atoms. The molecule has 0 aliphatic rings. The lowest BCUT2D eigenvalue weighted by atomic mass is 10.2. The summed E-state index contributed by atoms with van der Waals surface area (Å²) in [6, 6.07) is 6.88. The second-order valence-corrected chi connectivity index (χ2v) is 4.81. The van der Waals surface area contributed by atoms with E-state index in [1.165, 1.54) is 19.3 Å². The van der Waals surface area contributed by atoms with E-state index in [9.17, 15) is 4.79 Å². The highest BCUT2D eigenvalue weighted by Gasteiger charge is 2.04. The third-order valence-electron chi connectivity index (χ3n) is 2.68. The molecular weight excluding hydrogens is 264 g/mol. The Balaban J connectivity index is 2.06. The first-order chi connectivity index (χ1) is 9.22. The molecule has 3 nitrogen and oxygen atoms in total. The molecule has 0 saturated carbocycles. The largest absolute Gasteiger partial charge is 0.482 e. The molecule has 0 bridgehead atoms. The van der Waals surface area contributed by atoms with E-state index in [1.54, 1.807) is 24.3 Å². The topological polar surface area (TPSA) is 35.5 Å². The minimum atomic E-state index is -0.328. The summed E-state index contributed by atoms with van der Waals surface area (Å²) in [5.41, 5.74) is 0. The van der Waals surface area contributed by atoms with Crippen LogP contribution < -0.4 is 4.74 Å². The number of halogens is 1. The molecule has 1 aromatic carbocycles. The van der Waals surface area contributed by atoms with Crippen LogP contribution in [0.3, 0.4) is 0 Å². The van der Waals surface area contributed by atoms with Gasteiger partial charge in [-0.3, -0.25) is 0 Å². The van der Waals surface area contributed by atoms with E-state index < -0.39 is 0 Å². The minimum absolute atomic E-state index is 0.0589. The highest BCUT2D eigenvalue weighted by molar-refractivity contribution is 6.30. The molecule has 1 aromatic rings. The Bertz CT molecular complexity index is 362. The predicted octanol–water partition coefficient (Wildman–Crippen LogP) is 4.23. The van der Waals surface area contributed by atoms with Crippen LogP contribution in [-0.4, -0.2) is 19.2 Å². The Hall–Kier alpha value is -1.22. The first kappa shape index (κ1) is 15.8. The van der Waals surface area contributed by atoms with E-state index in [0.29, 0.717) is 17.4 Å². The Kier molecular flexibility index (Phi) is 8.07. The van der Waals surface area contributed by atoms with Gasteiger partial charge in [-0.2, -0.15) is 0 Å². The standard InChI is InChI=1S/C15H21ClO3/c1-2-3-4-5-6-11-18-15(17)12-19-14-9-7-13(16)8-10-14/h7-10H,2-6,11-12H2,1H3. The van der Waals surface area contributed by atoms with Crippen molar-refractivity contribution in [3.63, 3.8) is 0 Å². The number of carbonyl (C=O) groups excluding carboxylic acids is 1. The summed E-state index contributed by atoms with van der Waals surface area (Å²) in [6.45, 7) is 2.59. The maximum absolute atomic E-state index is 11.4. The summed E-state index contributed by atoms with van der Waals surface area (Å²) in [6.07, 6.45) is 5.70. The van der Waals surface area contributed by atoms with E-state index in [4.69, 9.17) is 21.1 Å². The maximum Gasteiger partial charge on any atom is 0.344 e. The van der Waals surface area contributed by atoms with Crippen LogP contribution in [0.25, 0.3) is 0 Å². The number of carbonyl (C=O) groups is 1. The average molecular weight is 285 g/mol. The van der Waals surface area contributed by atoms with Crippen molar-refractivity contribution in [3.8, 4) is 5.75 Å². The highest BCUT2D eigenvalue weighted by atomic mass is 35.5. The van der Waals surface area contributed by atoms with Gasteiger partial charge in [0.1, 0.15) is 5.75 Å². The second kappa shape index (κ2) is 9.68. The zero-order valence-electron chi connectivity index (χ0n) is 11.4. The Morgan fingerprint density at radius 2 is 1.79 bits per heavy atom. The van der Waals surface area contributed by atoms with Crippen LogP contribution >= 0.6 is 11.6 Å². The SMILES string of the molecule is CCCCCCCOC(=O)COc1ccc(Cl)cc1. The third kappa shape index (κ3) is 7.73. The summed E-state index contributed by atoms with van der Waals surface area (Å²) < 4.78 is 10.4. The molecule has 0 heterocycles. The van der Waals surface area contributed by atoms with E-state index >= 15 is 0 Å². The van der Waals surface area contributed by atoms with Gasteiger partial charge in [-0.25, -0.2) is 4.79 Å². The van der Waals surface area contributed by atoms with Crippen LogP contribution in [0.2, 0.25) is 5.02 Å². The molecule has 0 atom stereocenters. The van der Waals surface area contributed by atoms with E-state index in [1.807, 2.05) is 0 Å². The zero-order chi connectivity index (χ0) is 13.9. The number of esters is 1. The molecule has 0 saturated heterocycles. The molecule has 0 aliphatic carbocycles. The van der Waals surface area contributed by atoms with E-state index in [2.05, 4.69) is 6.92 Å². The molecule has 0 aromatic heterocycles. The lowest BCUT2D eigenvalue weighted by Gasteiger charge is -2.07. The van der Waals surface area contributed by atoms with Crippen LogP contribution in [0.15, 0.2) is 24.3 Å². The Labute approximate surface area is 119 Å². The van der Waals surface area contributed by atoms with Crippen molar-refractivity contribution in [1.82, 2.24) is 0 Å². The summed E-state index contributed by atoms with van der Waals surface area (Å²) in [5.74, 6) is 0.287. The van der Waals surface area contributed by atoms with Crippen molar-refractivity contribution < 1.29 is 14.3 Å². The lowest BCUT2D eigenvalue weighted by Crippen LogP contribution is -2.15. The molecule has 0 fully saturated rings. The van der Waals surface area contributed by atoms with Gasteiger partial charge in [0, 0.05) is 5.02 Å². The Morgan fingerprint density at radius 3 is 2.47 bits per heavy atom. The molecule has 4 heteroatoms. The quantitative estimate of drug-likeness (QED) is 0.503. The smallest absolute Gasteiger partial charge is 0.344 e. The summed E-state index contributed by atoms with van der Waals surface area (Å²) >= 11 is 5.75. The van der Waals surface area contributed by atoms with Gasteiger partial charge in [0.05, 0.1) is 6.61 Å². The maximum atomic E-state index is 11.4. The molecule has 0 aliphatic heterocycles. The monoisotopic (exact) mass is 284 g/mol. The van der Waals surface area contributed by atoms with Crippen molar-refractivity contribution in [2.24, 2.45) is 0 Å². The first-order valence-corrected chi connectivity index (χ1v) is 7.14. The van der Waals surface area contributed by atoms with E-state index in [0.717, 1.165) is 12.8 Å². The fourth-order valence-corrected chi connectivity index (χ4v) is 1.73. The molecule has 0 unspecified atom stereocenters. The van der Waals surface area contributed by atoms with Gasteiger partial charge < -0.3 is 9.47 Å². The molecule has 1 rings (SSSR count). The Morgan fingerprint density at radius 1 is 1.11 bits per heavy atom. The van der Waals surface area contributed by atoms with Gasteiger partial charge in [-0.1, -0.05) is 44.2 Å². The zero-order valence-corrected chi connectivity index (χ0v) is 12.1. The van der Waals surface area contributed by atoms with Gasteiger partial charge in [0.2, 0.25) is 0 Å². The van der Waals surface area contributed by atoms with Gasteiger partial charge in [0.25, 0.3) is 0 Å². The lowest BCUT2D eigenvalue weighted by molar-refractivity contribution is -0.146. The van der Waals surface area contributed by atoms with Gasteiger partial charge in [0.15, 0.2) is 6.61 Å². The molecule has 19 heavy (non-hydrogen) atoms. The fraction of sp³-hybridized carbons (Fsp3) is 0.533. The molecule has 0 amide bonds. The molecule has 0 radical (unpaired) electrons. The summed E-state index contributed by atoms with van der Waals surface area (Å²) in [7, 11) is 0. The predicted molar refractivity (Wildman–Crippen MR) is 76.7 cm³/mol. The van der Waals surface area contributed by atoms with Crippen LogP contribution in [-0.2, 0) is 9.53 Å². The van der Waals surface area contributed by atoms with Crippen LogP contribution in [0.4, 0.5) is 0 Å². The third-order valence-corrected chi connectivity index (χ3v) is 2.93. The van der Waals surface area contributed by atoms with Crippen molar-refractivity contribution in [3.05, 3.63) is 29.3 Å². The number of benzene rings is 1. The van der Waals surface area contributed by atoms with Crippen LogP contribution in [0.1, 0.15) is 39.0 Å².